The maximum absolute atomic E-state index is 14.0. The van der Waals surface area contributed by atoms with E-state index in [0.717, 1.165) is 34.9 Å². The quantitative estimate of drug-likeness (QED) is 0.192. The zero-order valence-corrected chi connectivity index (χ0v) is 27.4. The monoisotopic (exact) mass is 623 g/mol. The van der Waals surface area contributed by atoms with Gasteiger partial charge in [0.05, 0.1) is 0 Å². The molecule has 1 aliphatic rings. The number of aromatic amines is 1. The van der Waals surface area contributed by atoms with Crippen molar-refractivity contribution in [1.29, 1.82) is 0 Å². The molecule has 0 radical (unpaired) electrons. The van der Waals surface area contributed by atoms with E-state index in [4.69, 9.17) is 4.74 Å². The standard InChI is InChI=1S/C37H45N5O4/c1-25(31-23-38-32-17-10-9-16-30(31)32)33(40-35(44)42-20-18-28(19-21-42)27-13-7-6-8-14-27)34(43)39-29-15-11-12-26(22-29)24-46-36(45)41(5)37(2,3)4/h6-17,22-23,25,28,33,38H,18-21,24H2,1-5H3,(H,39,43)(H,40,44)/t25-,33+/m0/s1. The summed E-state index contributed by atoms with van der Waals surface area (Å²) in [4.78, 5) is 46.8. The number of anilines is 1. The number of nitrogens with zero attached hydrogens (tertiary/aromatic N) is 2. The van der Waals surface area contributed by atoms with Crippen LogP contribution in [0.1, 0.15) is 69.1 Å². The molecule has 3 N–H and O–H groups in total. The van der Waals surface area contributed by atoms with Crippen molar-refractivity contribution in [3.63, 3.8) is 0 Å². The van der Waals surface area contributed by atoms with Crippen molar-refractivity contribution >= 4 is 34.6 Å². The lowest BCUT2D eigenvalue weighted by molar-refractivity contribution is -0.118. The molecule has 1 aromatic heterocycles. The summed E-state index contributed by atoms with van der Waals surface area (Å²) < 4.78 is 5.52. The summed E-state index contributed by atoms with van der Waals surface area (Å²) in [5.41, 5.74) is 4.13. The molecular formula is C37H45N5O4. The number of hydrogen-bond acceptors (Lipinski definition) is 4. The van der Waals surface area contributed by atoms with Crippen LogP contribution in [0.15, 0.2) is 85.1 Å². The van der Waals surface area contributed by atoms with Gasteiger partial charge in [-0.25, -0.2) is 9.59 Å². The molecule has 4 aromatic rings. The molecule has 46 heavy (non-hydrogen) atoms. The van der Waals surface area contributed by atoms with Crippen LogP contribution in [-0.2, 0) is 16.1 Å². The molecule has 0 unspecified atom stereocenters. The molecule has 0 spiro atoms. The highest BCUT2D eigenvalue weighted by atomic mass is 16.6. The third-order valence-electron chi connectivity index (χ3n) is 9.06. The highest BCUT2D eigenvalue weighted by Crippen LogP contribution is 2.30. The Kier molecular flexibility index (Phi) is 9.99. The maximum Gasteiger partial charge on any atom is 0.410 e. The Hall–Kier alpha value is -4.79. The Morgan fingerprint density at radius 1 is 0.978 bits per heavy atom. The van der Waals surface area contributed by atoms with Crippen molar-refractivity contribution in [2.75, 3.05) is 25.5 Å². The largest absolute Gasteiger partial charge is 0.445 e. The van der Waals surface area contributed by atoms with Gasteiger partial charge in [0.1, 0.15) is 12.6 Å². The molecule has 5 rings (SSSR count). The van der Waals surface area contributed by atoms with E-state index in [1.54, 1.807) is 30.1 Å². The van der Waals surface area contributed by atoms with Crippen LogP contribution in [0.2, 0.25) is 0 Å². The number of benzene rings is 3. The summed E-state index contributed by atoms with van der Waals surface area (Å²) in [5, 5.41) is 7.10. The predicted molar refractivity (Wildman–Crippen MR) is 182 cm³/mol. The lowest BCUT2D eigenvalue weighted by atomic mass is 9.89. The van der Waals surface area contributed by atoms with E-state index in [1.165, 1.54) is 5.56 Å². The number of likely N-dealkylation sites (tertiary alicyclic amines) is 1. The summed E-state index contributed by atoms with van der Waals surface area (Å²) in [6.07, 6.45) is 3.23. The van der Waals surface area contributed by atoms with Gasteiger partial charge in [-0.3, -0.25) is 4.79 Å². The maximum atomic E-state index is 14.0. The zero-order valence-electron chi connectivity index (χ0n) is 27.4. The van der Waals surface area contributed by atoms with Gasteiger partial charge in [-0.1, -0.05) is 67.6 Å². The van der Waals surface area contributed by atoms with E-state index in [-0.39, 0.29) is 30.0 Å². The number of H-pyrrole nitrogens is 1. The molecule has 1 saturated heterocycles. The molecule has 4 amide bonds. The summed E-state index contributed by atoms with van der Waals surface area (Å²) in [6, 6.07) is 24.5. The van der Waals surface area contributed by atoms with Gasteiger partial charge in [0.15, 0.2) is 0 Å². The molecular weight excluding hydrogens is 578 g/mol. The molecule has 2 heterocycles. The summed E-state index contributed by atoms with van der Waals surface area (Å²) in [7, 11) is 1.70. The van der Waals surface area contributed by atoms with Gasteiger partial charge in [-0.15, -0.1) is 0 Å². The van der Waals surface area contributed by atoms with Crippen molar-refractivity contribution in [2.24, 2.45) is 0 Å². The van der Waals surface area contributed by atoms with Crippen molar-refractivity contribution in [3.8, 4) is 0 Å². The first-order valence-electron chi connectivity index (χ1n) is 16.0. The van der Waals surface area contributed by atoms with Crippen LogP contribution in [-0.4, -0.2) is 64.5 Å². The fraction of sp³-hybridized carbons (Fsp3) is 0.378. The van der Waals surface area contributed by atoms with Crippen LogP contribution in [0.25, 0.3) is 10.9 Å². The van der Waals surface area contributed by atoms with Crippen LogP contribution in [0.3, 0.4) is 0 Å². The number of amides is 4. The highest BCUT2D eigenvalue weighted by molar-refractivity contribution is 5.98. The number of ether oxygens (including phenoxy) is 1. The second-order valence-electron chi connectivity index (χ2n) is 13.2. The Morgan fingerprint density at radius 2 is 1.67 bits per heavy atom. The molecule has 2 atom stereocenters. The lowest BCUT2D eigenvalue weighted by Gasteiger charge is -2.34. The third-order valence-corrected chi connectivity index (χ3v) is 9.06. The van der Waals surface area contributed by atoms with Gasteiger partial charge < -0.3 is 30.2 Å². The van der Waals surface area contributed by atoms with Gasteiger partial charge >= 0.3 is 12.1 Å². The Morgan fingerprint density at radius 3 is 2.39 bits per heavy atom. The summed E-state index contributed by atoms with van der Waals surface area (Å²) >= 11 is 0. The fourth-order valence-corrected chi connectivity index (χ4v) is 5.91. The van der Waals surface area contributed by atoms with Gasteiger partial charge in [-0.05, 0) is 74.4 Å². The van der Waals surface area contributed by atoms with E-state index in [1.807, 2.05) is 75.2 Å². The van der Waals surface area contributed by atoms with E-state index in [9.17, 15) is 14.4 Å². The second-order valence-corrected chi connectivity index (χ2v) is 13.2. The first kappa shape index (κ1) is 32.6. The minimum atomic E-state index is -0.847. The molecule has 1 fully saturated rings. The average Bonchev–Trinajstić information content (AvgIpc) is 3.50. The number of carbonyl (C=O) groups is 3. The van der Waals surface area contributed by atoms with E-state index < -0.39 is 12.1 Å². The van der Waals surface area contributed by atoms with Gasteiger partial charge in [-0.2, -0.15) is 0 Å². The predicted octanol–water partition coefficient (Wildman–Crippen LogP) is 7.23. The molecule has 3 aromatic carbocycles. The van der Waals surface area contributed by atoms with Crippen LogP contribution in [0.4, 0.5) is 15.3 Å². The second kappa shape index (κ2) is 14.1. The number of carbonyl (C=O) groups excluding carboxylic acids is 3. The Balaban J connectivity index is 1.30. The van der Waals surface area contributed by atoms with Crippen molar-refractivity contribution < 1.29 is 19.1 Å². The molecule has 0 aliphatic carbocycles. The van der Waals surface area contributed by atoms with Crippen LogP contribution in [0, 0.1) is 0 Å². The highest BCUT2D eigenvalue weighted by Gasteiger charge is 2.33. The van der Waals surface area contributed by atoms with E-state index in [2.05, 4.69) is 39.9 Å². The first-order chi connectivity index (χ1) is 22.0. The van der Waals surface area contributed by atoms with E-state index in [0.29, 0.717) is 24.7 Å². The Bertz CT molecular complexity index is 1650. The van der Waals surface area contributed by atoms with Gasteiger partial charge in [0.2, 0.25) is 5.91 Å². The number of aromatic nitrogens is 1. The van der Waals surface area contributed by atoms with Crippen LogP contribution >= 0.6 is 0 Å². The smallest absolute Gasteiger partial charge is 0.410 e. The molecule has 0 bridgehead atoms. The number of nitrogens with one attached hydrogen (secondary N) is 3. The molecule has 9 heteroatoms. The topological polar surface area (TPSA) is 107 Å². The fourth-order valence-electron chi connectivity index (χ4n) is 5.91. The van der Waals surface area contributed by atoms with Crippen LogP contribution < -0.4 is 10.6 Å². The third kappa shape index (κ3) is 7.70. The number of rotatable bonds is 8. The minimum Gasteiger partial charge on any atom is -0.445 e. The van der Waals surface area contributed by atoms with Gasteiger partial charge in [0.25, 0.3) is 0 Å². The Labute approximate surface area is 271 Å². The summed E-state index contributed by atoms with van der Waals surface area (Å²) in [6.45, 7) is 9.06. The number of hydrogen-bond donors (Lipinski definition) is 3. The van der Waals surface area contributed by atoms with Crippen LogP contribution in [0.5, 0.6) is 0 Å². The van der Waals surface area contributed by atoms with Gasteiger partial charge in [0, 0.05) is 54.4 Å². The SMILES string of the molecule is C[C@@H](c1c[nH]c2ccccc12)[C@@H](NC(=O)N1CCC(c2ccccc2)CC1)C(=O)Nc1cccc(COC(=O)N(C)C(C)(C)C)c1. The lowest BCUT2D eigenvalue weighted by Crippen LogP contribution is -2.53. The van der Waals surface area contributed by atoms with Crippen molar-refractivity contribution in [1.82, 2.24) is 20.1 Å². The molecule has 242 valence electrons. The number of para-hydroxylation sites is 1. The minimum absolute atomic E-state index is 0.0633. The number of fused-ring (bicyclic) bond motifs is 1. The summed E-state index contributed by atoms with van der Waals surface area (Å²) in [5.74, 6) is -0.249. The normalized spacial score (nSPS) is 15.2. The zero-order chi connectivity index (χ0) is 32.8. The molecule has 9 nitrogen and oxygen atoms in total. The number of piperidine rings is 1. The average molecular weight is 624 g/mol. The molecule has 1 aliphatic heterocycles. The first-order valence-corrected chi connectivity index (χ1v) is 16.0. The number of urea groups is 1. The van der Waals surface area contributed by atoms with Crippen molar-refractivity contribution in [3.05, 3.63) is 102 Å². The van der Waals surface area contributed by atoms with Crippen molar-refractivity contribution in [2.45, 2.75) is 70.6 Å². The molecule has 0 saturated carbocycles. The van der Waals surface area contributed by atoms with E-state index >= 15 is 0 Å².